The van der Waals surface area contributed by atoms with Crippen molar-refractivity contribution < 1.29 is 4.79 Å². The zero-order valence-electron chi connectivity index (χ0n) is 15.6. The largest absolute Gasteiger partial charge is 0.345 e. The Balaban J connectivity index is 1.47. The highest BCUT2D eigenvalue weighted by Crippen LogP contribution is 2.22. The summed E-state index contributed by atoms with van der Waals surface area (Å²) in [5, 5.41) is 11.7. The third-order valence-corrected chi connectivity index (χ3v) is 5.49. The Bertz CT molecular complexity index is 932. The first kappa shape index (κ1) is 18.9. The molecule has 4 heterocycles. The van der Waals surface area contributed by atoms with Crippen LogP contribution in [-0.2, 0) is 4.79 Å². The smallest absolute Gasteiger partial charge is 0.239 e. The van der Waals surface area contributed by atoms with E-state index in [4.69, 9.17) is 0 Å². The molecule has 1 fully saturated rings. The van der Waals surface area contributed by atoms with Crippen LogP contribution in [0.3, 0.4) is 0 Å². The van der Waals surface area contributed by atoms with Gasteiger partial charge in [0.05, 0.1) is 17.8 Å². The lowest BCUT2D eigenvalue weighted by Gasteiger charge is -2.19. The first-order valence-corrected chi connectivity index (χ1v) is 10.7. The number of fused-ring (bicyclic) bond motifs is 1. The van der Waals surface area contributed by atoms with Crippen LogP contribution in [0.15, 0.2) is 48.8 Å². The van der Waals surface area contributed by atoms with Gasteiger partial charge in [0.1, 0.15) is 6.04 Å². The summed E-state index contributed by atoms with van der Waals surface area (Å²) in [6.45, 7) is 0. The van der Waals surface area contributed by atoms with Crippen molar-refractivity contribution in [3.8, 4) is 0 Å². The van der Waals surface area contributed by atoms with Gasteiger partial charge in [0, 0.05) is 12.4 Å². The van der Waals surface area contributed by atoms with Crippen LogP contribution < -0.4 is 16.2 Å². The van der Waals surface area contributed by atoms with Crippen molar-refractivity contribution in [1.29, 1.82) is 0 Å². The number of hydrogen-bond donors (Lipinski definition) is 3. The second-order valence-corrected chi connectivity index (χ2v) is 7.70. The Labute approximate surface area is 167 Å². The molecule has 3 atom stereocenters. The Kier molecular flexibility index (Phi) is 5.84. The molecule has 2 unspecified atom stereocenters. The van der Waals surface area contributed by atoms with Crippen LogP contribution in [0.4, 0.5) is 0 Å². The summed E-state index contributed by atoms with van der Waals surface area (Å²) in [6, 6.07) is 11.0. The fourth-order valence-corrected chi connectivity index (χ4v) is 3.85. The van der Waals surface area contributed by atoms with Crippen molar-refractivity contribution in [2.45, 2.75) is 31.0 Å². The number of hydrogen-bond acceptors (Lipinski definition) is 7. The number of aromatic nitrogens is 4. The van der Waals surface area contributed by atoms with Gasteiger partial charge >= 0.3 is 0 Å². The zero-order valence-corrected chi connectivity index (χ0v) is 16.4. The van der Waals surface area contributed by atoms with E-state index in [1.807, 2.05) is 47.0 Å². The molecular formula is C19H23N7OS. The average Bonchev–Trinajstić information content (AvgIpc) is 3.39. The highest BCUT2D eigenvalue weighted by molar-refractivity contribution is 7.98. The second kappa shape index (κ2) is 8.68. The minimum atomic E-state index is -0.331. The highest BCUT2D eigenvalue weighted by Gasteiger charge is 2.32. The van der Waals surface area contributed by atoms with Gasteiger partial charge in [0.15, 0.2) is 11.5 Å². The zero-order chi connectivity index (χ0) is 19.3. The molecule has 3 N–H and O–H groups in total. The number of rotatable bonds is 7. The molecular weight excluding hydrogens is 374 g/mol. The molecule has 9 heteroatoms. The molecule has 0 aromatic carbocycles. The maximum atomic E-state index is 12.9. The van der Waals surface area contributed by atoms with Crippen molar-refractivity contribution in [3.63, 3.8) is 0 Å². The first-order chi connectivity index (χ1) is 13.8. The molecule has 0 aliphatic carbocycles. The van der Waals surface area contributed by atoms with Gasteiger partial charge < -0.3 is 5.32 Å². The maximum Gasteiger partial charge on any atom is 0.239 e. The highest BCUT2D eigenvalue weighted by atomic mass is 32.2. The summed E-state index contributed by atoms with van der Waals surface area (Å²) in [6.07, 6.45) is 7.17. The fraction of sp³-hybridized carbons (Fsp3) is 0.368. The minimum absolute atomic E-state index is 0.00974. The molecule has 146 valence electrons. The van der Waals surface area contributed by atoms with E-state index in [1.54, 1.807) is 18.0 Å². The van der Waals surface area contributed by atoms with Crippen molar-refractivity contribution in [2.75, 3.05) is 12.0 Å². The normalized spacial score (nSPS) is 20.3. The SMILES string of the molecule is CSCC[C@@H](NC(=O)C1CC(c2ccccn2)NN1)c1nnc2ccccn12. The van der Waals surface area contributed by atoms with E-state index in [9.17, 15) is 4.79 Å². The summed E-state index contributed by atoms with van der Waals surface area (Å²) in [5.41, 5.74) is 7.97. The molecule has 1 saturated heterocycles. The number of pyridine rings is 2. The van der Waals surface area contributed by atoms with Gasteiger partial charge in [-0.05, 0) is 49.1 Å². The van der Waals surface area contributed by atoms with E-state index >= 15 is 0 Å². The molecule has 3 aromatic heterocycles. The molecule has 0 bridgehead atoms. The van der Waals surface area contributed by atoms with Crippen LogP contribution in [0.25, 0.3) is 5.65 Å². The Hall–Kier alpha value is -2.49. The van der Waals surface area contributed by atoms with Crippen molar-refractivity contribution in [1.82, 2.24) is 35.8 Å². The van der Waals surface area contributed by atoms with Gasteiger partial charge in [-0.3, -0.25) is 14.2 Å². The summed E-state index contributed by atoms with van der Waals surface area (Å²) in [5.74, 6) is 1.62. The lowest BCUT2D eigenvalue weighted by molar-refractivity contribution is -0.123. The number of carbonyl (C=O) groups is 1. The van der Waals surface area contributed by atoms with Crippen molar-refractivity contribution in [3.05, 3.63) is 60.3 Å². The number of nitrogens with one attached hydrogen (secondary N) is 3. The summed E-state index contributed by atoms with van der Waals surface area (Å²) >= 11 is 1.74. The van der Waals surface area contributed by atoms with E-state index in [-0.39, 0.29) is 24.0 Å². The minimum Gasteiger partial charge on any atom is -0.345 e. The molecule has 1 aliphatic heterocycles. The third kappa shape index (κ3) is 4.01. The van der Waals surface area contributed by atoms with Gasteiger partial charge in [0.2, 0.25) is 5.91 Å². The first-order valence-electron chi connectivity index (χ1n) is 9.27. The molecule has 0 radical (unpaired) electrons. The number of hydrazine groups is 1. The van der Waals surface area contributed by atoms with Crippen molar-refractivity contribution >= 4 is 23.3 Å². The Morgan fingerprint density at radius 1 is 1.29 bits per heavy atom. The topological polar surface area (TPSA) is 96.2 Å². The summed E-state index contributed by atoms with van der Waals surface area (Å²) in [4.78, 5) is 17.3. The lowest BCUT2D eigenvalue weighted by Crippen LogP contribution is -2.44. The van der Waals surface area contributed by atoms with Gasteiger partial charge in [0.25, 0.3) is 0 Å². The van der Waals surface area contributed by atoms with E-state index in [1.165, 1.54) is 0 Å². The molecule has 1 aliphatic rings. The third-order valence-electron chi connectivity index (χ3n) is 4.84. The summed E-state index contributed by atoms with van der Waals surface area (Å²) < 4.78 is 1.93. The molecule has 0 spiro atoms. The number of thioether (sulfide) groups is 1. The van der Waals surface area contributed by atoms with Crippen LogP contribution in [0.1, 0.15) is 36.4 Å². The molecule has 0 saturated carbocycles. The molecule has 3 aromatic rings. The van der Waals surface area contributed by atoms with Gasteiger partial charge in [-0.1, -0.05) is 12.1 Å². The van der Waals surface area contributed by atoms with E-state index in [2.05, 4.69) is 37.6 Å². The molecule has 4 rings (SSSR count). The lowest BCUT2D eigenvalue weighted by atomic mass is 10.1. The Morgan fingerprint density at radius 3 is 3.00 bits per heavy atom. The van der Waals surface area contributed by atoms with Gasteiger partial charge in [-0.2, -0.15) is 11.8 Å². The van der Waals surface area contributed by atoms with E-state index in [0.717, 1.165) is 29.3 Å². The summed E-state index contributed by atoms with van der Waals surface area (Å²) in [7, 11) is 0. The van der Waals surface area contributed by atoms with Crippen LogP contribution in [0.5, 0.6) is 0 Å². The van der Waals surface area contributed by atoms with Gasteiger partial charge in [-0.25, -0.2) is 10.9 Å². The van der Waals surface area contributed by atoms with Crippen LogP contribution >= 0.6 is 11.8 Å². The van der Waals surface area contributed by atoms with Crippen LogP contribution in [-0.4, -0.2) is 43.5 Å². The Morgan fingerprint density at radius 2 is 2.18 bits per heavy atom. The van der Waals surface area contributed by atoms with Crippen LogP contribution in [0.2, 0.25) is 0 Å². The average molecular weight is 398 g/mol. The molecule has 8 nitrogen and oxygen atoms in total. The molecule has 28 heavy (non-hydrogen) atoms. The predicted molar refractivity (Wildman–Crippen MR) is 109 cm³/mol. The predicted octanol–water partition coefficient (Wildman–Crippen LogP) is 1.64. The van der Waals surface area contributed by atoms with Gasteiger partial charge in [-0.15, -0.1) is 10.2 Å². The fourth-order valence-electron chi connectivity index (χ4n) is 3.38. The van der Waals surface area contributed by atoms with E-state index < -0.39 is 0 Å². The number of nitrogens with zero attached hydrogens (tertiary/aromatic N) is 4. The van der Waals surface area contributed by atoms with E-state index in [0.29, 0.717) is 6.42 Å². The maximum absolute atomic E-state index is 12.9. The molecule has 1 amide bonds. The standard InChI is InChI=1S/C19H23N7OS/c1-28-11-8-14(18-25-24-17-7-3-5-10-26(17)18)21-19(27)16-12-15(22-23-16)13-6-2-4-9-20-13/h2-7,9-10,14-16,22-23H,8,11-12H2,1H3,(H,21,27)/t14-,15?,16?/m1/s1. The quantitative estimate of drug-likeness (QED) is 0.558. The second-order valence-electron chi connectivity index (χ2n) is 6.71. The monoisotopic (exact) mass is 397 g/mol. The number of amides is 1. The number of carbonyl (C=O) groups excluding carboxylic acids is 1. The van der Waals surface area contributed by atoms with Crippen LogP contribution in [0, 0.1) is 0 Å². The van der Waals surface area contributed by atoms with Crippen molar-refractivity contribution in [2.24, 2.45) is 0 Å².